The Labute approximate surface area is 111 Å². The topological polar surface area (TPSA) is 57.9 Å². The number of ether oxygens (including phenoxy) is 1. The van der Waals surface area contributed by atoms with Gasteiger partial charge in [0.25, 0.3) is 0 Å². The van der Waals surface area contributed by atoms with E-state index < -0.39 is 0 Å². The molecule has 0 saturated carbocycles. The van der Waals surface area contributed by atoms with Crippen molar-refractivity contribution in [1.82, 2.24) is 4.98 Å². The van der Waals surface area contributed by atoms with Crippen LogP contribution in [-0.4, -0.2) is 17.6 Å². The molecule has 1 aliphatic heterocycles. The molecule has 3 rings (SSSR count). The molecule has 4 heteroatoms. The molecule has 0 bridgehead atoms. The first-order valence-electron chi connectivity index (χ1n) is 6.20. The van der Waals surface area contributed by atoms with Crippen LogP contribution in [-0.2, 0) is 6.42 Å². The Morgan fingerprint density at radius 3 is 3.05 bits per heavy atom. The van der Waals surface area contributed by atoms with Crippen LogP contribution < -0.4 is 10.1 Å². The predicted octanol–water partition coefficient (Wildman–Crippen LogP) is 2.37. The zero-order chi connectivity index (χ0) is 13.1. The minimum Gasteiger partial charge on any atom is -0.488 e. The summed E-state index contributed by atoms with van der Waals surface area (Å²) in [5, 5.41) is 12.2. The first kappa shape index (κ1) is 11.5. The van der Waals surface area contributed by atoms with E-state index in [1.165, 1.54) is 5.56 Å². The summed E-state index contributed by atoms with van der Waals surface area (Å²) in [4.78, 5) is 4.02. The van der Waals surface area contributed by atoms with Crippen LogP contribution in [0.5, 0.6) is 5.75 Å². The van der Waals surface area contributed by atoms with Crippen molar-refractivity contribution < 1.29 is 4.74 Å². The Kier molecular flexibility index (Phi) is 3.03. The molecule has 4 nitrogen and oxygen atoms in total. The highest BCUT2D eigenvalue weighted by Crippen LogP contribution is 2.28. The molecule has 1 aromatic heterocycles. The highest BCUT2D eigenvalue weighted by Gasteiger charge is 2.22. The molecule has 0 spiro atoms. The lowest BCUT2D eigenvalue weighted by Crippen LogP contribution is -2.24. The summed E-state index contributed by atoms with van der Waals surface area (Å²) in [6.07, 6.45) is 2.61. The van der Waals surface area contributed by atoms with E-state index >= 15 is 0 Å². The van der Waals surface area contributed by atoms with Crippen molar-refractivity contribution in [2.75, 3.05) is 11.9 Å². The lowest BCUT2D eigenvalue weighted by molar-refractivity contribution is 0.246. The molecule has 2 heterocycles. The van der Waals surface area contributed by atoms with E-state index in [1.807, 2.05) is 30.3 Å². The standard InChI is InChI=1S/C15H13N3O/c16-9-14-13(5-3-7-17-14)18-10-12-8-11-4-1-2-6-15(11)19-12/h1-7,12,18H,8,10H2. The first-order valence-corrected chi connectivity index (χ1v) is 6.20. The molecule has 1 aliphatic rings. The van der Waals surface area contributed by atoms with Crippen molar-refractivity contribution in [2.24, 2.45) is 0 Å². The zero-order valence-corrected chi connectivity index (χ0v) is 10.3. The second-order valence-electron chi connectivity index (χ2n) is 4.44. The molecular weight excluding hydrogens is 238 g/mol. The normalized spacial score (nSPS) is 16.3. The van der Waals surface area contributed by atoms with E-state index in [2.05, 4.69) is 22.4 Å². The predicted molar refractivity (Wildman–Crippen MR) is 72.0 cm³/mol. The second-order valence-corrected chi connectivity index (χ2v) is 4.44. The summed E-state index contributed by atoms with van der Waals surface area (Å²) in [6, 6.07) is 13.8. The number of fused-ring (bicyclic) bond motifs is 1. The number of aromatic nitrogens is 1. The van der Waals surface area contributed by atoms with Crippen LogP contribution in [0.25, 0.3) is 0 Å². The molecule has 94 valence electrons. The fourth-order valence-electron chi connectivity index (χ4n) is 2.23. The van der Waals surface area contributed by atoms with E-state index in [9.17, 15) is 0 Å². The van der Waals surface area contributed by atoms with Gasteiger partial charge in [0.1, 0.15) is 17.9 Å². The zero-order valence-electron chi connectivity index (χ0n) is 10.3. The molecule has 0 radical (unpaired) electrons. The number of hydrogen-bond acceptors (Lipinski definition) is 4. The largest absolute Gasteiger partial charge is 0.488 e. The van der Waals surface area contributed by atoms with Gasteiger partial charge in [-0.05, 0) is 23.8 Å². The SMILES string of the molecule is N#Cc1ncccc1NCC1Cc2ccccc2O1. The van der Waals surface area contributed by atoms with Gasteiger partial charge in [-0.3, -0.25) is 0 Å². The fourth-order valence-corrected chi connectivity index (χ4v) is 2.23. The Balaban J connectivity index is 1.65. The van der Waals surface area contributed by atoms with Gasteiger partial charge in [-0.15, -0.1) is 0 Å². The minimum atomic E-state index is 0.101. The smallest absolute Gasteiger partial charge is 0.163 e. The van der Waals surface area contributed by atoms with Gasteiger partial charge in [0.2, 0.25) is 0 Å². The van der Waals surface area contributed by atoms with Gasteiger partial charge in [-0.1, -0.05) is 18.2 Å². The Morgan fingerprint density at radius 1 is 1.32 bits per heavy atom. The van der Waals surface area contributed by atoms with Gasteiger partial charge in [-0.2, -0.15) is 5.26 Å². The van der Waals surface area contributed by atoms with Gasteiger partial charge in [0.15, 0.2) is 5.69 Å². The van der Waals surface area contributed by atoms with Crippen molar-refractivity contribution in [2.45, 2.75) is 12.5 Å². The van der Waals surface area contributed by atoms with Crippen molar-refractivity contribution in [3.05, 3.63) is 53.9 Å². The van der Waals surface area contributed by atoms with Gasteiger partial charge >= 0.3 is 0 Å². The first-order chi connectivity index (χ1) is 9.36. The molecule has 1 unspecified atom stereocenters. The number of nitrogens with one attached hydrogen (secondary N) is 1. The van der Waals surface area contributed by atoms with Gasteiger partial charge in [0.05, 0.1) is 12.2 Å². The van der Waals surface area contributed by atoms with Crippen molar-refractivity contribution in [3.8, 4) is 11.8 Å². The highest BCUT2D eigenvalue weighted by atomic mass is 16.5. The van der Waals surface area contributed by atoms with E-state index in [0.29, 0.717) is 12.2 Å². The molecule has 0 amide bonds. The van der Waals surface area contributed by atoms with Crippen molar-refractivity contribution in [3.63, 3.8) is 0 Å². The van der Waals surface area contributed by atoms with E-state index in [4.69, 9.17) is 10.00 Å². The van der Waals surface area contributed by atoms with Crippen molar-refractivity contribution in [1.29, 1.82) is 5.26 Å². The number of nitrogens with zero attached hydrogens (tertiary/aromatic N) is 2. The summed E-state index contributed by atoms with van der Waals surface area (Å²) < 4.78 is 5.84. The number of rotatable bonds is 3. The molecule has 1 aromatic carbocycles. The van der Waals surface area contributed by atoms with Crippen LogP contribution in [0, 0.1) is 11.3 Å². The van der Waals surface area contributed by atoms with E-state index in [1.54, 1.807) is 6.20 Å². The summed E-state index contributed by atoms with van der Waals surface area (Å²) in [6.45, 7) is 0.662. The quantitative estimate of drug-likeness (QED) is 0.909. The average molecular weight is 251 g/mol. The molecule has 1 atom stereocenters. The summed E-state index contributed by atoms with van der Waals surface area (Å²) in [7, 11) is 0. The number of anilines is 1. The van der Waals surface area contributed by atoms with Crippen LogP contribution in [0.2, 0.25) is 0 Å². The lowest BCUT2D eigenvalue weighted by atomic mass is 10.1. The van der Waals surface area contributed by atoms with Gasteiger partial charge in [-0.25, -0.2) is 4.98 Å². The van der Waals surface area contributed by atoms with Gasteiger partial charge in [0, 0.05) is 12.6 Å². The maximum Gasteiger partial charge on any atom is 0.163 e. The monoisotopic (exact) mass is 251 g/mol. The number of pyridine rings is 1. The van der Waals surface area contributed by atoms with Crippen LogP contribution in [0.4, 0.5) is 5.69 Å². The third-order valence-corrected chi connectivity index (χ3v) is 3.15. The number of benzene rings is 1. The Morgan fingerprint density at radius 2 is 2.21 bits per heavy atom. The molecule has 1 N–H and O–H groups in total. The highest BCUT2D eigenvalue weighted by molar-refractivity contribution is 5.53. The van der Waals surface area contributed by atoms with E-state index in [0.717, 1.165) is 17.9 Å². The number of para-hydroxylation sites is 1. The third-order valence-electron chi connectivity index (χ3n) is 3.15. The molecule has 2 aromatic rings. The maximum absolute atomic E-state index is 8.97. The van der Waals surface area contributed by atoms with Crippen LogP contribution in [0.1, 0.15) is 11.3 Å². The lowest BCUT2D eigenvalue weighted by Gasteiger charge is -2.13. The molecular formula is C15H13N3O. The van der Waals surface area contributed by atoms with Crippen LogP contribution >= 0.6 is 0 Å². The average Bonchev–Trinajstić information content (AvgIpc) is 2.88. The van der Waals surface area contributed by atoms with Crippen molar-refractivity contribution >= 4 is 5.69 Å². The van der Waals surface area contributed by atoms with Crippen LogP contribution in [0.15, 0.2) is 42.6 Å². The number of nitriles is 1. The Bertz CT molecular complexity index is 608. The molecule has 0 saturated heterocycles. The molecule has 19 heavy (non-hydrogen) atoms. The summed E-state index contributed by atoms with van der Waals surface area (Å²) in [5.41, 5.74) is 2.41. The minimum absolute atomic E-state index is 0.101. The third kappa shape index (κ3) is 2.36. The number of hydrogen-bond donors (Lipinski definition) is 1. The second kappa shape index (κ2) is 4.99. The fraction of sp³-hybridized carbons (Fsp3) is 0.200. The molecule has 0 aliphatic carbocycles. The van der Waals surface area contributed by atoms with E-state index in [-0.39, 0.29) is 6.10 Å². The summed E-state index contributed by atoms with van der Waals surface area (Å²) in [5.74, 6) is 0.959. The molecule has 0 fully saturated rings. The Hall–Kier alpha value is -2.54. The van der Waals surface area contributed by atoms with Gasteiger partial charge < -0.3 is 10.1 Å². The summed E-state index contributed by atoms with van der Waals surface area (Å²) >= 11 is 0. The van der Waals surface area contributed by atoms with Crippen LogP contribution in [0.3, 0.4) is 0 Å². The maximum atomic E-state index is 8.97.